The second-order valence-corrected chi connectivity index (χ2v) is 5.47. The second kappa shape index (κ2) is 5.01. The van der Waals surface area contributed by atoms with E-state index in [0.717, 1.165) is 23.5 Å². The van der Waals surface area contributed by atoms with Crippen LogP contribution in [0.25, 0.3) is 0 Å². The highest BCUT2D eigenvalue weighted by Gasteiger charge is 2.24. The number of hydrogen-bond donors (Lipinski definition) is 0. The minimum absolute atomic E-state index is 0.170. The molecule has 18 heavy (non-hydrogen) atoms. The first-order valence-corrected chi connectivity index (χ1v) is 6.38. The Balaban J connectivity index is 2.30. The molecule has 1 heterocycles. The summed E-state index contributed by atoms with van der Waals surface area (Å²) in [5.74, 6) is 1.80. The van der Waals surface area contributed by atoms with Gasteiger partial charge in [0.05, 0.1) is 13.2 Å². The number of Topliss-reactive ketones (excluding diaryl/α,β-unsaturated/α-hetero) is 1. The summed E-state index contributed by atoms with van der Waals surface area (Å²) < 4.78 is 11.3. The molecule has 0 bridgehead atoms. The first-order valence-electron chi connectivity index (χ1n) is 6.38. The first-order chi connectivity index (χ1) is 8.49. The smallest absolute Gasteiger partial charge is 0.161 e. The molecule has 1 aromatic rings. The van der Waals surface area contributed by atoms with Crippen molar-refractivity contribution in [3.05, 3.63) is 23.8 Å². The lowest BCUT2D eigenvalue weighted by Gasteiger charge is -2.24. The molecule has 0 atom stereocenters. The maximum atomic E-state index is 11.3. The van der Waals surface area contributed by atoms with Crippen LogP contribution in [-0.4, -0.2) is 19.0 Å². The van der Waals surface area contributed by atoms with Gasteiger partial charge >= 0.3 is 0 Å². The fraction of sp³-hybridized carbons (Fsp3) is 0.533. The Labute approximate surface area is 108 Å². The molecular weight excluding hydrogens is 228 g/mol. The van der Waals surface area contributed by atoms with Crippen molar-refractivity contribution in [2.24, 2.45) is 0 Å². The molecule has 0 saturated heterocycles. The molecule has 1 aliphatic heterocycles. The lowest BCUT2D eigenvalue weighted by Crippen LogP contribution is -2.20. The lowest BCUT2D eigenvalue weighted by molar-refractivity contribution is -0.118. The van der Waals surface area contributed by atoms with Crippen LogP contribution in [0.5, 0.6) is 11.5 Å². The molecule has 0 saturated carbocycles. The van der Waals surface area contributed by atoms with Crippen molar-refractivity contribution < 1.29 is 14.3 Å². The molecule has 98 valence electrons. The van der Waals surface area contributed by atoms with Gasteiger partial charge < -0.3 is 9.47 Å². The number of carbonyl (C=O) groups is 1. The summed E-state index contributed by atoms with van der Waals surface area (Å²) in [6.45, 7) is 7.17. The summed E-state index contributed by atoms with van der Waals surface area (Å²) in [5.41, 5.74) is 0.943. The second-order valence-electron chi connectivity index (χ2n) is 5.47. The Hall–Kier alpha value is -1.51. The normalized spacial score (nSPS) is 15.1. The molecule has 0 aromatic heterocycles. The summed E-state index contributed by atoms with van der Waals surface area (Å²) in [6, 6.07) is 5.97. The fourth-order valence-electron chi connectivity index (χ4n) is 2.31. The SMILES string of the molecule is CC(=O)CC(C)(C)c1ccc2c(c1)OCCCO2. The summed E-state index contributed by atoms with van der Waals surface area (Å²) >= 11 is 0. The number of ether oxygens (including phenoxy) is 2. The van der Waals surface area contributed by atoms with Crippen molar-refractivity contribution >= 4 is 5.78 Å². The van der Waals surface area contributed by atoms with Crippen LogP contribution in [0.3, 0.4) is 0 Å². The highest BCUT2D eigenvalue weighted by atomic mass is 16.5. The van der Waals surface area contributed by atoms with E-state index in [4.69, 9.17) is 9.47 Å². The predicted molar refractivity (Wildman–Crippen MR) is 70.4 cm³/mol. The largest absolute Gasteiger partial charge is 0.490 e. The third-order valence-electron chi connectivity index (χ3n) is 3.22. The molecule has 0 unspecified atom stereocenters. The van der Waals surface area contributed by atoms with E-state index in [0.29, 0.717) is 19.6 Å². The van der Waals surface area contributed by atoms with Crippen molar-refractivity contribution in [3.63, 3.8) is 0 Å². The van der Waals surface area contributed by atoms with Gasteiger partial charge in [-0.3, -0.25) is 4.79 Å². The van der Waals surface area contributed by atoms with Crippen LogP contribution in [0.1, 0.15) is 39.2 Å². The van der Waals surface area contributed by atoms with Crippen molar-refractivity contribution in [2.75, 3.05) is 13.2 Å². The summed E-state index contributed by atoms with van der Waals surface area (Å²) in [5, 5.41) is 0. The molecule has 0 radical (unpaired) electrons. The highest BCUT2D eigenvalue weighted by Crippen LogP contribution is 2.36. The zero-order valence-electron chi connectivity index (χ0n) is 11.3. The number of ketones is 1. The van der Waals surface area contributed by atoms with Crippen molar-refractivity contribution in [1.29, 1.82) is 0 Å². The number of hydrogen-bond acceptors (Lipinski definition) is 3. The zero-order valence-corrected chi connectivity index (χ0v) is 11.3. The van der Waals surface area contributed by atoms with Crippen LogP contribution in [0.4, 0.5) is 0 Å². The Bertz CT molecular complexity index is 449. The Morgan fingerprint density at radius 2 is 1.89 bits per heavy atom. The predicted octanol–water partition coefficient (Wildman–Crippen LogP) is 3.10. The van der Waals surface area contributed by atoms with Gasteiger partial charge in [-0.05, 0) is 30.0 Å². The summed E-state index contributed by atoms with van der Waals surface area (Å²) in [6.07, 6.45) is 1.44. The third-order valence-corrected chi connectivity index (χ3v) is 3.22. The van der Waals surface area contributed by atoms with Crippen molar-refractivity contribution in [2.45, 2.75) is 39.0 Å². The lowest BCUT2D eigenvalue weighted by atomic mass is 9.80. The van der Waals surface area contributed by atoms with Crippen LogP contribution in [-0.2, 0) is 10.2 Å². The van der Waals surface area contributed by atoms with Crippen LogP contribution in [0.15, 0.2) is 18.2 Å². The van der Waals surface area contributed by atoms with Gasteiger partial charge in [-0.15, -0.1) is 0 Å². The van der Waals surface area contributed by atoms with E-state index in [1.807, 2.05) is 18.2 Å². The summed E-state index contributed by atoms with van der Waals surface area (Å²) in [4.78, 5) is 11.3. The average molecular weight is 248 g/mol. The molecule has 3 heteroatoms. The van der Waals surface area contributed by atoms with E-state index in [9.17, 15) is 4.79 Å². The minimum Gasteiger partial charge on any atom is -0.490 e. The molecule has 0 spiro atoms. The van der Waals surface area contributed by atoms with Crippen LogP contribution >= 0.6 is 0 Å². The van der Waals surface area contributed by atoms with Gasteiger partial charge in [-0.2, -0.15) is 0 Å². The molecule has 3 nitrogen and oxygen atoms in total. The van der Waals surface area contributed by atoms with Crippen LogP contribution in [0.2, 0.25) is 0 Å². The van der Waals surface area contributed by atoms with E-state index in [-0.39, 0.29) is 11.2 Å². The molecular formula is C15H20O3. The maximum absolute atomic E-state index is 11.3. The van der Waals surface area contributed by atoms with Gasteiger partial charge in [0.1, 0.15) is 5.78 Å². The Morgan fingerprint density at radius 3 is 2.56 bits per heavy atom. The van der Waals surface area contributed by atoms with Gasteiger partial charge in [0.2, 0.25) is 0 Å². The van der Waals surface area contributed by atoms with E-state index >= 15 is 0 Å². The van der Waals surface area contributed by atoms with E-state index < -0.39 is 0 Å². The molecule has 0 fully saturated rings. The Kier molecular flexibility index (Phi) is 3.60. The highest BCUT2D eigenvalue weighted by molar-refractivity contribution is 5.77. The number of rotatable bonds is 3. The fourth-order valence-corrected chi connectivity index (χ4v) is 2.31. The quantitative estimate of drug-likeness (QED) is 0.824. The number of carbonyl (C=O) groups excluding carboxylic acids is 1. The van der Waals surface area contributed by atoms with Crippen molar-refractivity contribution in [3.8, 4) is 11.5 Å². The van der Waals surface area contributed by atoms with Crippen LogP contribution < -0.4 is 9.47 Å². The van der Waals surface area contributed by atoms with Crippen molar-refractivity contribution in [1.82, 2.24) is 0 Å². The van der Waals surface area contributed by atoms with Crippen LogP contribution in [0, 0.1) is 0 Å². The topological polar surface area (TPSA) is 35.5 Å². The van der Waals surface area contributed by atoms with E-state index in [2.05, 4.69) is 13.8 Å². The molecule has 0 aliphatic carbocycles. The first kappa shape index (κ1) is 12.9. The summed E-state index contributed by atoms with van der Waals surface area (Å²) in [7, 11) is 0. The Morgan fingerprint density at radius 1 is 1.22 bits per heavy atom. The van der Waals surface area contributed by atoms with Gasteiger partial charge in [0, 0.05) is 12.8 Å². The van der Waals surface area contributed by atoms with Gasteiger partial charge in [-0.25, -0.2) is 0 Å². The molecule has 1 aliphatic rings. The molecule has 2 rings (SSSR count). The monoisotopic (exact) mass is 248 g/mol. The minimum atomic E-state index is -0.170. The van der Waals surface area contributed by atoms with E-state index in [1.54, 1.807) is 6.92 Å². The van der Waals surface area contributed by atoms with Gasteiger partial charge in [-0.1, -0.05) is 19.9 Å². The average Bonchev–Trinajstić information content (AvgIpc) is 2.51. The molecule has 1 aromatic carbocycles. The maximum Gasteiger partial charge on any atom is 0.161 e. The van der Waals surface area contributed by atoms with E-state index in [1.165, 1.54) is 0 Å². The number of benzene rings is 1. The number of fused-ring (bicyclic) bond motifs is 1. The third kappa shape index (κ3) is 2.84. The standard InChI is InChI=1S/C15H20O3/c1-11(16)10-15(2,3)12-5-6-13-14(9-12)18-8-4-7-17-13/h5-6,9H,4,7-8,10H2,1-3H3. The molecule has 0 amide bonds. The zero-order chi connectivity index (χ0) is 13.2. The molecule has 0 N–H and O–H groups in total. The van der Waals surface area contributed by atoms with Gasteiger partial charge in [0.15, 0.2) is 11.5 Å². The van der Waals surface area contributed by atoms with Gasteiger partial charge in [0.25, 0.3) is 0 Å².